The minimum absolute atomic E-state index is 0.696. The van der Waals surface area contributed by atoms with Gasteiger partial charge in [-0.25, -0.2) is 4.68 Å². The number of rotatable bonds is 8. The van der Waals surface area contributed by atoms with Gasteiger partial charge in [-0.2, -0.15) is 0 Å². The molecular formula is C15H22BrN5. The number of aryl methyl sites for hydroxylation is 1. The third-order valence-electron chi connectivity index (χ3n) is 3.52. The van der Waals surface area contributed by atoms with Crippen molar-refractivity contribution >= 4 is 21.6 Å². The molecule has 0 atom stereocenters. The Balaban J connectivity index is 1.97. The summed E-state index contributed by atoms with van der Waals surface area (Å²) >= 11 is 3.51. The molecule has 5 nitrogen and oxygen atoms in total. The van der Waals surface area contributed by atoms with Gasteiger partial charge < -0.3 is 5.73 Å². The third kappa shape index (κ3) is 4.27. The van der Waals surface area contributed by atoms with Crippen molar-refractivity contribution in [3.8, 4) is 11.4 Å². The monoisotopic (exact) mass is 351 g/mol. The highest BCUT2D eigenvalue weighted by Crippen LogP contribution is 2.30. The van der Waals surface area contributed by atoms with Crippen LogP contribution in [0.1, 0.15) is 45.4 Å². The van der Waals surface area contributed by atoms with Gasteiger partial charge in [-0.3, -0.25) is 0 Å². The highest BCUT2D eigenvalue weighted by molar-refractivity contribution is 9.10. The summed E-state index contributed by atoms with van der Waals surface area (Å²) < 4.78 is 2.71. The highest BCUT2D eigenvalue weighted by atomic mass is 79.9. The van der Waals surface area contributed by atoms with Crippen molar-refractivity contribution < 1.29 is 0 Å². The Morgan fingerprint density at radius 1 is 1.14 bits per heavy atom. The lowest BCUT2D eigenvalue weighted by Gasteiger charge is -2.07. The van der Waals surface area contributed by atoms with Crippen LogP contribution in [0, 0.1) is 0 Å². The quantitative estimate of drug-likeness (QED) is 0.575. The largest absolute Gasteiger partial charge is 0.398 e. The molecule has 114 valence electrons. The van der Waals surface area contributed by atoms with E-state index in [1.165, 1.54) is 32.1 Å². The maximum absolute atomic E-state index is 5.92. The standard InChI is InChI=1S/C15H22BrN5/c1-2-3-4-5-6-7-11-21-15(18-19-20-21)12-9-8-10-13(17)14(12)16/h8-10H,2-7,11,17H2,1H3. The molecular weight excluding hydrogens is 330 g/mol. The van der Waals surface area contributed by atoms with E-state index in [0.717, 1.165) is 28.8 Å². The first-order chi connectivity index (χ1) is 10.2. The molecule has 0 spiro atoms. The number of unbranched alkanes of at least 4 members (excludes halogenated alkanes) is 5. The maximum Gasteiger partial charge on any atom is 0.183 e. The van der Waals surface area contributed by atoms with Crippen molar-refractivity contribution in [2.45, 2.75) is 52.0 Å². The lowest BCUT2D eigenvalue weighted by atomic mass is 10.1. The number of hydrogen-bond donors (Lipinski definition) is 1. The molecule has 0 saturated carbocycles. The summed E-state index contributed by atoms with van der Waals surface area (Å²) in [5.74, 6) is 0.766. The van der Waals surface area contributed by atoms with Crippen LogP contribution in [-0.4, -0.2) is 20.2 Å². The average molecular weight is 352 g/mol. The van der Waals surface area contributed by atoms with Crippen molar-refractivity contribution in [3.63, 3.8) is 0 Å². The van der Waals surface area contributed by atoms with E-state index in [-0.39, 0.29) is 0 Å². The molecule has 0 amide bonds. The fourth-order valence-electron chi connectivity index (χ4n) is 2.31. The maximum atomic E-state index is 5.92. The van der Waals surface area contributed by atoms with Crippen LogP contribution < -0.4 is 5.73 Å². The Hall–Kier alpha value is -1.43. The number of nitrogen functional groups attached to an aromatic ring is 1. The van der Waals surface area contributed by atoms with Crippen LogP contribution >= 0.6 is 15.9 Å². The molecule has 0 radical (unpaired) electrons. The fourth-order valence-corrected chi connectivity index (χ4v) is 2.75. The van der Waals surface area contributed by atoms with Crippen LogP contribution in [0.15, 0.2) is 22.7 Å². The molecule has 6 heteroatoms. The Morgan fingerprint density at radius 3 is 2.71 bits per heavy atom. The lowest BCUT2D eigenvalue weighted by Crippen LogP contribution is -2.04. The second kappa shape index (κ2) is 8.12. The van der Waals surface area contributed by atoms with E-state index in [0.29, 0.717) is 5.69 Å². The topological polar surface area (TPSA) is 69.6 Å². The normalized spacial score (nSPS) is 11.0. The Morgan fingerprint density at radius 2 is 1.90 bits per heavy atom. The van der Waals surface area contributed by atoms with Gasteiger partial charge in [0.1, 0.15) is 0 Å². The molecule has 1 aromatic heterocycles. The van der Waals surface area contributed by atoms with Gasteiger partial charge in [-0.15, -0.1) is 5.10 Å². The van der Waals surface area contributed by atoms with Gasteiger partial charge in [-0.1, -0.05) is 45.1 Å². The van der Waals surface area contributed by atoms with Crippen molar-refractivity contribution in [1.29, 1.82) is 0 Å². The predicted molar refractivity (Wildman–Crippen MR) is 88.7 cm³/mol. The molecule has 0 fully saturated rings. The zero-order valence-corrected chi connectivity index (χ0v) is 14.0. The molecule has 0 bridgehead atoms. The van der Waals surface area contributed by atoms with Crippen LogP contribution in [-0.2, 0) is 6.54 Å². The van der Waals surface area contributed by atoms with Crippen molar-refractivity contribution in [2.24, 2.45) is 0 Å². The van der Waals surface area contributed by atoms with Gasteiger partial charge in [0.15, 0.2) is 5.82 Å². The zero-order valence-electron chi connectivity index (χ0n) is 12.4. The molecule has 0 aliphatic carbocycles. The predicted octanol–water partition coefficient (Wildman–Crippen LogP) is 4.05. The first-order valence-electron chi connectivity index (χ1n) is 7.54. The van der Waals surface area contributed by atoms with Gasteiger partial charge in [0.2, 0.25) is 0 Å². The smallest absolute Gasteiger partial charge is 0.183 e. The van der Waals surface area contributed by atoms with E-state index in [9.17, 15) is 0 Å². The summed E-state index contributed by atoms with van der Waals surface area (Å²) in [5, 5.41) is 12.0. The molecule has 1 aromatic carbocycles. The first kappa shape index (κ1) is 15.9. The molecule has 0 unspecified atom stereocenters. The lowest BCUT2D eigenvalue weighted by molar-refractivity contribution is 0.519. The molecule has 2 N–H and O–H groups in total. The number of tetrazole rings is 1. The van der Waals surface area contributed by atoms with E-state index in [2.05, 4.69) is 38.4 Å². The van der Waals surface area contributed by atoms with Crippen LogP contribution in [0.25, 0.3) is 11.4 Å². The number of hydrogen-bond acceptors (Lipinski definition) is 4. The Kier molecular flexibility index (Phi) is 6.17. The van der Waals surface area contributed by atoms with Crippen molar-refractivity contribution in [3.05, 3.63) is 22.7 Å². The summed E-state index contributed by atoms with van der Waals surface area (Å²) in [4.78, 5) is 0. The molecule has 2 rings (SSSR count). The molecule has 2 aromatic rings. The second-order valence-corrected chi connectivity index (χ2v) is 6.00. The van der Waals surface area contributed by atoms with Crippen molar-refractivity contribution in [1.82, 2.24) is 20.2 Å². The van der Waals surface area contributed by atoms with E-state index >= 15 is 0 Å². The summed E-state index contributed by atoms with van der Waals surface area (Å²) in [5.41, 5.74) is 7.55. The zero-order chi connectivity index (χ0) is 15.1. The van der Waals surface area contributed by atoms with Crippen molar-refractivity contribution in [2.75, 3.05) is 5.73 Å². The number of nitrogens with zero attached hydrogens (tertiary/aromatic N) is 4. The summed E-state index contributed by atoms with van der Waals surface area (Å²) in [6, 6.07) is 5.75. The SMILES string of the molecule is CCCCCCCCn1nnnc1-c1cccc(N)c1Br. The van der Waals surface area contributed by atoms with Gasteiger partial charge in [0, 0.05) is 17.8 Å². The van der Waals surface area contributed by atoms with Crippen LogP contribution in [0.2, 0.25) is 0 Å². The van der Waals surface area contributed by atoms with Gasteiger partial charge in [0.05, 0.1) is 4.47 Å². The first-order valence-corrected chi connectivity index (χ1v) is 8.34. The average Bonchev–Trinajstić information content (AvgIpc) is 2.94. The summed E-state index contributed by atoms with van der Waals surface area (Å²) in [6.45, 7) is 3.08. The second-order valence-electron chi connectivity index (χ2n) is 5.20. The fraction of sp³-hybridized carbons (Fsp3) is 0.533. The minimum atomic E-state index is 0.696. The third-order valence-corrected chi connectivity index (χ3v) is 4.41. The van der Waals surface area contributed by atoms with E-state index in [1.54, 1.807) is 0 Å². The van der Waals surface area contributed by atoms with E-state index < -0.39 is 0 Å². The number of anilines is 1. The van der Waals surface area contributed by atoms with Crippen LogP contribution in [0.4, 0.5) is 5.69 Å². The Labute approximate surface area is 134 Å². The molecule has 0 saturated heterocycles. The van der Waals surface area contributed by atoms with Crippen LogP contribution in [0.3, 0.4) is 0 Å². The van der Waals surface area contributed by atoms with Crippen LogP contribution in [0.5, 0.6) is 0 Å². The van der Waals surface area contributed by atoms with E-state index in [1.807, 2.05) is 22.9 Å². The van der Waals surface area contributed by atoms with Gasteiger partial charge >= 0.3 is 0 Å². The number of aromatic nitrogens is 4. The number of benzene rings is 1. The summed E-state index contributed by atoms with van der Waals surface area (Å²) in [7, 11) is 0. The Bertz CT molecular complexity index is 567. The minimum Gasteiger partial charge on any atom is -0.398 e. The molecule has 21 heavy (non-hydrogen) atoms. The number of halogens is 1. The van der Waals surface area contributed by atoms with Gasteiger partial charge in [-0.05, 0) is 44.9 Å². The van der Waals surface area contributed by atoms with Gasteiger partial charge in [0.25, 0.3) is 0 Å². The summed E-state index contributed by atoms with van der Waals surface area (Å²) in [6.07, 6.45) is 7.53. The van der Waals surface area contributed by atoms with E-state index in [4.69, 9.17) is 5.73 Å². The molecule has 1 heterocycles. The molecule has 0 aliphatic rings. The molecule has 0 aliphatic heterocycles. The highest BCUT2D eigenvalue weighted by Gasteiger charge is 2.13. The number of nitrogens with two attached hydrogens (primary N) is 1.